The van der Waals surface area contributed by atoms with Crippen molar-refractivity contribution in [2.75, 3.05) is 14.1 Å². The Morgan fingerprint density at radius 3 is 1.91 bits per heavy atom. The van der Waals surface area contributed by atoms with Crippen molar-refractivity contribution < 1.29 is 14.4 Å². The monoisotopic (exact) mass is 605 g/mol. The molecule has 45 heavy (non-hydrogen) atoms. The summed E-state index contributed by atoms with van der Waals surface area (Å²) in [7, 11) is 3.19. The van der Waals surface area contributed by atoms with Crippen molar-refractivity contribution in [3.8, 4) is 0 Å². The maximum Gasteiger partial charge on any atom is 0.248 e. The van der Waals surface area contributed by atoms with E-state index in [1.165, 1.54) is 22.8 Å². The molecule has 0 radical (unpaired) electrons. The molecule has 0 fully saturated rings. The maximum absolute atomic E-state index is 14.3. The fraction of sp³-hybridized carbons (Fsp3) is 0.297. The fourth-order valence-corrected chi connectivity index (χ4v) is 5.39. The van der Waals surface area contributed by atoms with Gasteiger partial charge in [0.15, 0.2) is 0 Å². The average molecular weight is 606 g/mol. The van der Waals surface area contributed by atoms with Crippen LogP contribution in [0.1, 0.15) is 38.3 Å². The average Bonchev–Trinajstić information content (AvgIpc) is 3.01. The molecule has 0 bridgehead atoms. The van der Waals surface area contributed by atoms with Gasteiger partial charge >= 0.3 is 0 Å². The van der Waals surface area contributed by atoms with E-state index >= 15 is 0 Å². The van der Waals surface area contributed by atoms with Gasteiger partial charge in [0.1, 0.15) is 12.1 Å². The summed E-state index contributed by atoms with van der Waals surface area (Å²) >= 11 is 0. The van der Waals surface area contributed by atoms with E-state index in [-0.39, 0.29) is 24.1 Å². The minimum absolute atomic E-state index is 0.0148. The van der Waals surface area contributed by atoms with Crippen LogP contribution < -0.4 is 11.1 Å². The maximum atomic E-state index is 14.3. The Morgan fingerprint density at radius 1 is 0.822 bits per heavy atom. The van der Waals surface area contributed by atoms with E-state index in [4.69, 9.17) is 11.1 Å². The zero-order valence-corrected chi connectivity index (χ0v) is 26.7. The van der Waals surface area contributed by atoms with E-state index < -0.39 is 23.5 Å². The molecule has 0 aromatic heterocycles. The molecule has 0 heterocycles. The number of hydrogen-bond acceptors (Lipinski definition) is 5. The summed E-state index contributed by atoms with van der Waals surface area (Å²) in [6.45, 7) is 5.05. The molecule has 1 unspecified atom stereocenters. The van der Waals surface area contributed by atoms with Gasteiger partial charge in [-0.05, 0) is 66.3 Å². The number of aryl methyl sites for hydroxylation is 1. The molecule has 4 aromatic rings. The molecular weight excluding hydrogens is 562 g/mol. The number of fused-ring (bicyclic) bond motifs is 2. The smallest absolute Gasteiger partial charge is 0.248 e. The van der Waals surface area contributed by atoms with Gasteiger partial charge in [-0.1, -0.05) is 91.0 Å². The third-order valence-corrected chi connectivity index (χ3v) is 7.95. The molecule has 4 aromatic carbocycles. The van der Waals surface area contributed by atoms with Gasteiger partial charge in [0, 0.05) is 32.1 Å². The number of amidine groups is 1. The second kappa shape index (κ2) is 14.3. The van der Waals surface area contributed by atoms with Crippen molar-refractivity contribution in [2.45, 2.75) is 57.7 Å². The lowest BCUT2D eigenvalue weighted by Crippen LogP contribution is -2.55. The number of likely N-dealkylation sites (N-methyl/N-ethyl adjacent to an activating group) is 2. The standard InChI is InChI=1S/C37H43N5O3/c1-25(38)40-35(44)33(24-27-15-18-29-11-7-9-13-31(29)23-27)42(5)36(45)32(41(4)34(43)20-21-37(2,3)39)19-16-26-14-17-28-10-6-8-12-30(28)22-26/h6-15,17-18,20-23,32-33H,16,19,24,39H2,1-5H3,(H2,38,40,44)/b21-20+/t32?,33-/m1/s1. The minimum atomic E-state index is -0.913. The quantitative estimate of drug-likeness (QED) is 0.123. The molecule has 0 saturated heterocycles. The van der Waals surface area contributed by atoms with E-state index in [1.807, 2.05) is 66.7 Å². The van der Waals surface area contributed by atoms with Crippen molar-refractivity contribution in [3.63, 3.8) is 0 Å². The summed E-state index contributed by atoms with van der Waals surface area (Å²) in [6.07, 6.45) is 4.14. The Balaban J connectivity index is 1.64. The topological polar surface area (TPSA) is 120 Å². The summed E-state index contributed by atoms with van der Waals surface area (Å²) in [5, 5.41) is 14.8. The molecule has 8 heteroatoms. The molecule has 0 spiro atoms. The first-order valence-electron chi connectivity index (χ1n) is 15.2. The number of nitrogens with zero attached hydrogens (tertiary/aromatic N) is 2. The highest BCUT2D eigenvalue weighted by Crippen LogP contribution is 2.21. The van der Waals surface area contributed by atoms with Crippen LogP contribution in [0.3, 0.4) is 0 Å². The van der Waals surface area contributed by atoms with Gasteiger partial charge in [0.05, 0.1) is 5.84 Å². The first-order chi connectivity index (χ1) is 21.3. The van der Waals surface area contributed by atoms with E-state index in [0.717, 1.165) is 32.7 Å². The van der Waals surface area contributed by atoms with Crippen molar-refractivity contribution in [1.82, 2.24) is 15.1 Å². The van der Waals surface area contributed by atoms with Crippen molar-refractivity contribution >= 4 is 45.1 Å². The lowest BCUT2D eigenvalue weighted by atomic mass is 9.97. The van der Waals surface area contributed by atoms with Gasteiger partial charge in [-0.3, -0.25) is 19.8 Å². The minimum Gasteiger partial charge on any atom is -0.332 e. The van der Waals surface area contributed by atoms with Gasteiger partial charge in [0.2, 0.25) is 17.7 Å². The highest BCUT2D eigenvalue weighted by Gasteiger charge is 2.34. The number of amides is 3. The van der Waals surface area contributed by atoms with Crippen molar-refractivity contribution in [1.29, 1.82) is 5.41 Å². The first kappa shape index (κ1) is 33.1. The Kier molecular flexibility index (Phi) is 10.5. The third-order valence-electron chi connectivity index (χ3n) is 7.95. The second-order valence-corrected chi connectivity index (χ2v) is 12.3. The molecular formula is C37H43N5O3. The molecule has 4 N–H and O–H groups in total. The lowest BCUT2D eigenvalue weighted by molar-refractivity contribution is -0.146. The zero-order valence-electron chi connectivity index (χ0n) is 26.7. The molecule has 2 atom stereocenters. The summed E-state index contributed by atoms with van der Waals surface area (Å²) in [5.74, 6) is -1.20. The Bertz CT molecular complexity index is 1740. The Labute approximate surface area is 265 Å². The van der Waals surface area contributed by atoms with Crippen LogP contribution in [0, 0.1) is 5.41 Å². The number of nitrogens with one attached hydrogen (secondary N) is 2. The van der Waals surface area contributed by atoms with Gasteiger partial charge in [0.25, 0.3) is 0 Å². The van der Waals surface area contributed by atoms with Gasteiger partial charge in [-0.2, -0.15) is 0 Å². The van der Waals surface area contributed by atoms with Crippen LogP contribution in [0.4, 0.5) is 0 Å². The van der Waals surface area contributed by atoms with E-state index in [2.05, 4.69) is 23.5 Å². The Morgan fingerprint density at radius 2 is 1.36 bits per heavy atom. The summed E-state index contributed by atoms with van der Waals surface area (Å²) in [5.41, 5.74) is 7.29. The fourth-order valence-electron chi connectivity index (χ4n) is 5.39. The molecule has 0 aliphatic heterocycles. The third kappa shape index (κ3) is 8.86. The number of hydrogen-bond donors (Lipinski definition) is 3. The summed E-state index contributed by atoms with van der Waals surface area (Å²) in [6, 6.07) is 26.4. The van der Waals surface area contributed by atoms with Crippen LogP contribution in [0.2, 0.25) is 0 Å². The van der Waals surface area contributed by atoms with Gasteiger partial charge < -0.3 is 20.9 Å². The highest BCUT2D eigenvalue weighted by atomic mass is 16.2. The van der Waals surface area contributed by atoms with E-state index in [1.54, 1.807) is 34.0 Å². The number of benzene rings is 4. The van der Waals surface area contributed by atoms with Crippen LogP contribution in [0.25, 0.3) is 21.5 Å². The SMILES string of the molecule is CC(=N)NC(=O)[C@@H](Cc1ccc2ccccc2c1)N(C)C(=O)C(CCc1ccc2ccccc2c1)N(C)C(=O)/C=C/C(C)(C)N. The number of carbonyl (C=O) groups is 3. The van der Waals surface area contributed by atoms with Gasteiger partial charge in [-0.25, -0.2) is 0 Å². The Hall–Kier alpha value is -4.82. The number of rotatable bonds is 11. The summed E-state index contributed by atoms with van der Waals surface area (Å²) in [4.78, 5) is 43.9. The van der Waals surface area contributed by atoms with Crippen molar-refractivity contribution in [3.05, 3.63) is 108 Å². The molecule has 234 valence electrons. The van der Waals surface area contributed by atoms with Crippen LogP contribution in [-0.4, -0.2) is 65.1 Å². The molecule has 3 amide bonds. The summed E-state index contributed by atoms with van der Waals surface area (Å²) < 4.78 is 0. The van der Waals surface area contributed by atoms with Gasteiger partial charge in [-0.15, -0.1) is 0 Å². The van der Waals surface area contributed by atoms with Crippen LogP contribution in [-0.2, 0) is 27.2 Å². The first-order valence-corrected chi connectivity index (χ1v) is 15.2. The largest absolute Gasteiger partial charge is 0.332 e. The number of nitrogens with two attached hydrogens (primary N) is 1. The molecule has 0 aliphatic rings. The molecule has 8 nitrogen and oxygen atoms in total. The highest BCUT2D eigenvalue weighted by molar-refractivity contribution is 6.00. The van der Waals surface area contributed by atoms with E-state index in [9.17, 15) is 14.4 Å². The van der Waals surface area contributed by atoms with Crippen LogP contribution >= 0.6 is 0 Å². The normalized spacial score (nSPS) is 13.0. The van der Waals surface area contributed by atoms with Crippen molar-refractivity contribution in [2.24, 2.45) is 5.73 Å². The van der Waals surface area contributed by atoms with Crippen LogP contribution in [0.15, 0.2) is 97.1 Å². The second-order valence-electron chi connectivity index (χ2n) is 12.3. The predicted octanol–water partition coefficient (Wildman–Crippen LogP) is 5.23. The number of carbonyl (C=O) groups excluding carboxylic acids is 3. The van der Waals surface area contributed by atoms with Crippen LogP contribution in [0.5, 0.6) is 0 Å². The zero-order chi connectivity index (χ0) is 32.7. The van der Waals surface area contributed by atoms with E-state index in [0.29, 0.717) is 12.8 Å². The lowest BCUT2D eigenvalue weighted by Gasteiger charge is -2.34. The molecule has 4 rings (SSSR count). The molecule has 0 aliphatic carbocycles. The molecule has 0 saturated carbocycles. The predicted molar refractivity (Wildman–Crippen MR) is 182 cm³/mol.